The molecule has 2 aromatic rings. The Hall–Kier alpha value is -2.40. The van der Waals surface area contributed by atoms with Gasteiger partial charge in [0.2, 0.25) is 0 Å². The van der Waals surface area contributed by atoms with E-state index in [-0.39, 0.29) is 48.9 Å². The standard InChI is InChI=1S/C21H28N4O4.HI/c1-4-22-21(24-16(3)20-8-6-5-7-15(20)2)23-13-18(26)14-29-19-11-9-17(10-12-19)25(27)28;/h5-12,16,18,26H,4,13-14H2,1-3H3,(H2,22,23,24);1H. The van der Waals surface area contributed by atoms with Crippen molar-refractivity contribution < 1.29 is 14.8 Å². The van der Waals surface area contributed by atoms with Gasteiger partial charge < -0.3 is 20.5 Å². The van der Waals surface area contributed by atoms with Crippen LogP contribution in [0.2, 0.25) is 0 Å². The summed E-state index contributed by atoms with van der Waals surface area (Å²) >= 11 is 0. The predicted octanol–water partition coefficient (Wildman–Crippen LogP) is 3.58. The number of nitro benzene ring substituents is 1. The molecule has 30 heavy (non-hydrogen) atoms. The molecule has 8 nitrogen and oxygen atoms in total. The summed E-state index contributed by atoms with van der Waals surface area (Å²) in [4.78, 5) is 14.6. The van der Waals surface area contributed by atoms with Gasteiger partial charge in [0.1, 0.15) is 18.5 Å². The highest BCUT2D eigenvalue weighted by Crippen LogP contribution is 2.18. The fraction of sp³-hybridized carbons (Fsp3) is 0.381. The Labute approximate surface area is 193 Å². The van der Waals surface area contributed by atoms with Crippen molar-refractivity contribution in [3.63, 3.8) is 0 Å². The minimum Gasteiger partial charge on any atom is -0.491 e. The molecule has 0 heterocycles. The summed E-state index contributed by atoms with van der Waals surface area (Å²) in [6, 6.07) is 13.9. The van der Waals surface area contributed by atoms with Crippen LogP contribution in [0.15, 0.2) is 53.5 Å². The Morgan fingerprint density at radius 3 is 2.50 bits per heavy atom. The predicted molar refractivity (Wildman–Crippen MR) is 129 cm³/mol. The number of aryl methyl sites for hydroxylation is 1. The summed E-state index contributed by atoms with van der Waals surface area (Å²) in [7, 11) is 0. The highest BCUT2D eigenvalue weighted by atomic mass is 127. The van der Waals surface area contributed by atoms with Crippen LogP contribution in [0.4, 0.5) is 5.69 Å². The van der Waals surface area contributed by atoms with Gasteiger partial charge in [-0.15, -0.1) is 24.0 Å². The summed E-state index contributed by atoms with van der Waals surface area (Å²) in [5, 5.41) is 27.3. The van der Waals surface area contributed by atoms with Gasteiger partial charge in [0.05, 0.1) is 17.5 Å². The number of aliphatic hydroxyl groups is 1. The molecule has 0 aromatic heterocycles. The molecule has 0 amide bonds. The number of rotatable bonds is 9. The van der Waals surface area contributed by atoms with E-state index in [1.165, 1.54) is 35.4 Å². The fourth-order valence-corrected chi connectivity index (χ4v) is 2.78. The van der Waals surface area contributed by atoms with Crippen LogP contribution in [0, 0.1) is 17.0 Å². The maximum Gasteiger partial charge on any atom is 0.269 e. The van der Waals surface area contributed by atoms with Crippen LogP contribution in [0.1, 0.15) is 31.0 Å². The molecule has 2 rings (SSSR count). The summed E-state index contributed by atoms with van der Waals surface area (Å²) in [6.45, 7) is 6.99. The lowest BCUT2D eigenvalue weighted by Gasteiger charge is -2.20. The summed E-state index contributed by atoms with van der Waals surface area (Å²) in [6.07, 6.45) is -0.811. The molecule has 2 unspecified atom stereocenters. The largest absolute Gasteiger partial charge is 0.491 e. The van der Waals surface area contributed by atoms with Gasteiger partial charge in [-0.2, -0.15) is 0 Å². The van der Waals surface area contributed by atoms with Crippen molar-refractivity contribution in [2.24, 2.45) is 4.99 Å². The number of nitrogens with zero attached hydrogens (tertiary/aromatic N) is 2. The smallest absolute Gasteiger partial charge is 0.269 e. The van der Waals surface area contributed by atoms with Crippen LogP contribution in [-0.4, -0.2) is 41.8 Å². The summed E-state index contributed by atoms with van der Waals surface area (Å²) in [5.41, 5.74) is 2.37. The molecule has 0 radical (unpaired) electrons. The van der Waals surface area contributed by atoms with E-state index in [9.17, 15) is 15.2 Å². The highest BCUT2D eigenvalue weighted by molar-refractivity contribution is 14.0. The van der Waals surface area contributed by atoms with Gasteiger partial charge in [0.25, 0.3) is 5.69 Å². The Kier molecular flexibility index (Phi) is 11.1. The average molecular weight is 528 g/mol. The molecule has 3 N–H and O–H groups in total. The molecule has 0 saturated heterocycles. The van der Waals surface area contributed by atoms with Crippen molar-refractivity contribution >= 4 is 35.6 Å². The van der Waals surface area contributed by atoms with Gasteiger partial charge in [0, 0.05) is 18.7 Å². The molecule has 2 aromatic carbocycles. The summed E-state index contributed by atoms with van der Waals surface area (Å²) < 4.78 is 5.48. The molecule has 0 bridgehead atoms. The Balaban J connectivity index is 0.00000450. The number of aliphatic imine (C=N–C) groups is 1. The van der Waals surface area contributed by atoms with Crippen LogP contribution in [0.5, 0.6) is 5.75 Å². The monoisotopic (exact) mass is 528 g/mol. The molecule has 0 aliphatic rings. The fourth-order valence-electron chi connectivity index (χ4n) is 2.78. The number of nitro groups is 1. The molecular weight excluding hydrogens is 499 g/mol. The van der Waals surface area contributed by atoms with Crippen molar-refractivity contribution in [1.82, 2.24) is 10.6 Å². The van der Waals surface area contributed by atoms with E-state index in [4.69, 9.17) is 4.74 Å². The number of guanidine groups is 1. The minimum absolute atomic E-state index is 0. The third-order valence-electron chi connectivity index (χ3n) is 4.30. The molecule has 0 aliphatic carbocycles. The van der Waals surface area contributed by atoms with E-state index >= 15 is 0 Å². The van der Waals surface area contributed by atoms with Crippen LogP contribution < -0.4 is 15.4 Å². The Morgan fingerprint density at radius 2 is 1.90 bits per heavy atom. The third kappa shape index (κ3) is 8.15. The van der Waals surface area contributed by atoms with Crippen molar-refractivity contribution in [1.29, 1.82) is 0 Å². The minimum atomic E-state index is -0.811. The molecule has 9 heteroatoms. The number of hydrogen-bond acceptors (Lipinski definition) is 5. The van der Waals surface area contributed by atoms with Crippen molar-refractivity contribution in [2.45, 2.75) is 32.9 Å². The lowest BCUT2D eigenvalue weighted by molar-refractivity contribution is -0.384. The Bertz CT molecular complexity index is 830. The maximum absolute atomic E-state index is 10.7. The number of non-ortho nitro benzene ring substituents is 1. The number of hydrogen-bond donors (Lipinski definition) is 3. The molecule has 0 saturated carbocycles. The lowest BCUT2D eigenvalue weighted by atomic mass is 10.0. The molecule has 164 valence electrons. The lowest BCUT2D eigenvalue weighted by Crippen LogP contribution is -2.39. The van der Waals surface area contributed by atoms with E-state index in [1.807, 2.05) is 19.1 Å². The van der Waals surface area contributed by atoms with E-state index < -0.39 is 11.0 Å². The second-order valence-corrected chi connectivity index (χ2v) is 6.66. The Morgan fingerprint density at radius 1 is 1.23 bits per heavy atom. The van der Waals surface area contributed by atoms with E-state index in [0.717, 1.165) is 0 Å². The van der Waals surface area contributed by atoms with Gasteiger partial charge in [-0.1, -0.05) is 24.3 Å². The number of ether oxygens (including phenoxy) is 1. The second kappa shape index (κ2) is 13.0. The first kappa shape index (κ1) is 25.6. The summed E-state index contributed by atoms with van der Waals surface area (Å²) in [5.74, 6) is 1.06. The van der Waals surface area contributed by atoms with E-state index in [0.29, 0.717) is 18.3 Å². The second-order valence-electron chi connectivity index (χ2n) is 6.66. The third-order valence-corrected chi connectivity index (χ3v) is 4.30. The topological polar surface area (TPSA) is 109 Å². The number of benzene rings is 2. The highest BCUT2D eigenvalue weighted by Gasteiger charge is 2.11. The zero-order chi connectivity index (χ0) is 21.2. The van der Waals surface area contributed by atoms with Crippen LogP contribution >= 0.6 is 24.0 Å². The molecule has 0 spiro atoms. The zero-order valence-electron chi connectivity index (χ0n) is 17.4. The van der Waals surface area contributed by atoms with E-state index in [1.54, 1.807) is 0 Å². The van der Waals surface area contributed by atoms with Crippen LogP contribution in [0.3, 0.4) is 0 Å². The van der Waals surface area contributed by atoms with Crippen molar-refractivity contribution in [3.8, 4) is 5.75 Å². The maximum atomic E-state index is 10.7. The first-order chi connectivity index (χ1) is 13.9. The first-order valence-corrected chi connectivity index (χ1v) is 9.56. The first-order valence-electron chi connectivity index (χ1n) is 9.56. The number of nitrogens with one attached hydrogen (secondary N) is 2. The molecule has 2 atom stereocenters. The van der Waals surface area contributed by atoms with E-state index in [2.05, 4.69) is 41.6 Å². The molecular formula is C21H29IN4O4. The van der Waals surface area contributed by atoms with Gasteiger partial charge >= 0.3 is 0 Å². The van der Waals surface area contributed by atoms with Crippen molar-refractivity contribution in [2.75, 3.05) is 19.7 Å². The quantitative estimate of drug-likeness (QED) is 0.151. The SMILES string of the molecule is CCNC(=NCC(O)COc1ccc([N+](=O)[O-])cc1)NC(C)c1ccccc1C.I. The van der Waals surface area contributed by atoms with Gasteiger partial charge in [0.15, 0.2) is 5.96 Å². The molecule has 0 aliphatic heterocycles. The van der Waals surface area contributed by atoms with Gasteiger partial charge in [-0.3, -0.25) is 15.1 Å². The normalized spacial score (nSPS) is 13.0. The van der Waals surface area contributed by atoms with Crippen LogP contribution in [-0.2, 0) is 0 Å². The number of aliphatic hydroxyl groups excluding tert-OH is 1. The van der Waals surface area contributed by atoms with Gasteiger partial charge in [-0.05, 0) is 44.0 Å². The molecule has 0 fully saturated rings. The van der Waals surface area contributed by atoms with Crippen LogP contribution in [0.25, 0.3) is 0 Å². The van der Waals surface area contributed by atoms with Gasteiger partial charge in [-0.25, -0.2) is 0 Å². The average Bonchev–Trinajstić information content (AvgIpc) is 2.71. The van der Waals surface area contributed by atoms with Crippen molar-refractivity contribution in [3.05, 3.63) is 69.8 Å². The number of halogens is 1. The zero-order valence-corrected chi connectivity index (χ0v) is 19.7.